The van der Waals surface area contributed by atoms with E-state index < -0.39 is 0 Å². The van der Waals surface area contributed by atoms with Crippen molar-refractivity contribution in [2.75, 3.05) is 6.54 Å². The molecule has 1 aliphatic rings. The van der Waals surface area contributed by atoms with Crippen molar-refractivity contribution in [3.05, 3.63) is 23.2 Å². The van der Waals surface area contributed by atoms with Crippen LogP contribution in [0.15, 0.2) is 10.5 Å². The highest BCUT2D eigenvalue weighted by molar-refractivity contribution is 5.20. The van der Waals surface area contributed by atoms with Gasteiger partial charge in [-0.1, -0.05) is 0 Å². The first kappa shape index (κ1) is 11.7. The van der Waals surface area contributed by atoms with Gasteiger partial charge in [-0.2, -0.15) is 0 Å². The summed E-state index contributed by atoms with van der Waals surface area (Å²) in [7, 11) is 0. The maximum Gasteiger partial charge on any atom is 0.105 e. The van der Waals surface area contributed by atoms with Crippen LogP contribution in [0.2, 0.25) is 0 Å². The van der Waals surface area contributed by atoms with Crippen molar-refractivity contribution in [1.82, 2.24) is 5.32 Å². The average molecular weight is 222 g/mol. The summed E-state index contributed by atoms with van der Waals surface area (Å²) < 4.78 is 5.65. The average Bonchev–Trinajstić information content (AvgIpc) is 3.02. The Morgan fingerprint density at radius 1 is 1.44 bits per heavy atom. The first-order valence-electron chi connectivity index (χ1n) is 6.31. The fourth-order valence-corrected chi connectivity index (χ4v) is 1.93. The number of rotatable bonds is 7. The van der Waals surface area contributed by atoms with E-state index in [1.165, 1.54) is 25.7 Å². The van der Waals surface area contributed by atoms with Crippen LogP contribution in [0.4, 0.5) is 0 Å². The van der Waals surface area contributed by atoms with Crippen LogP contribution in [-0.4, -0.2) is 12.6 Å². The Labute approximate surface area is 97.4 Å². The Morgan fingerprint density at radius 3 is 2.88 bits per heavy atom. The van der Waals surface area contributed by atoms with Gasteiger partial charge in [-0.15, -0.1) is 0 Å². The van der Waals surface area contributed by atoms with E-state index in [1.807, 2.05) is 6.92 Å². The van der Waals surface area contributed by atoms with Crippen molar-refractivity contribution in [1.29, 1.82) is 0 Å². The molecule has 0 atom stereocenters. The van der Waals surface area contributed by atoms with Crippen LogP contribution >= 0.6 is 0 Å². The van der Waals surface area contributed by atoms with E-state index in [-0.39, 0.29) is 0 Å². The molecule has 0 aromatic carbocycles. The molecule has 0 amide bonds. The maximum atomic E-state index is 5.65. The number of unbranched alkanes of at least 4 members (excludes halogenated alkanes) is 1. The van der Waals surface area contributed by atoms with Crippen LogP contribution in [-0.2, 0) is 13.0 Å². The van der Waals surface area contributed by atoms with Crippen molar-refractivity contribution in [3.8, 4) is 0 Å². The molecule has 0 radical (unpaired) electrons. The lowest BCUT2D eigenvalue weighted by molar-refractivity contribution is 0.469. The molecule has 1 heterocycles. The van der Waals surface area contributed by atoms with Gasteiger partial charge in [0.2, 0.25) is 0 Å². The zero-order valence-corrected chi connectivity index (χ0v) is 10.1. The van der Waals surface area contributed by atoms with E-state index in [2.05, 4.69) is 11.4 Å². The SMILES string of the molecule is Cc1oc(CCCCNC2CC2)cc1CN. The van der Waals surface area contributed by atoms with Gasteiger partial charge in [0.05, 0.1) is 0 Å². The molecule has 1 aromatic heterocycles. The zero-order valence-electron chi connectivity index (χ0n) is 10.1. The fraction of sp³-hybridized carbons (Fsp3) is 0.692. The molecule has 1 aliphatic carbocycles. The molecule has 3 nitrogen and oxygen atoms in total. The van der Waals surface area contributed by atoms with Gasteiger partial charge in [0, 0.05) is 24.6 Å². The third-order valence-corrected chi connectivity index (χ3v) is 3.15. The van der Waals surface area contributed by atoms with Crippen molar-refractivity contribution < 1.29 is 4.42 Å². The molecule has 0 aliphatic heterocycles. The number of hydrogen-bond acceptors (Lipinski definition) is 3. The predicted octanol–water partition coefficient (Wildman–Crippen LogP) is 2.12. The van der Waals surface area contributed by atoms with Gasteiger partial charge in [0.25, 0.3) is 0 Å². The zero-order chi connectivity index (χ0) is 11.4. The topological polar surface area (TPSA) is 51.2 Å². The van der Waals surface area contributed by atoms with Gasteiger partial charge in [0.15, 0.2) is 0 Å². The molecular weight excluding hydrogens is 200 g/mol. The number of nitrogens with two attached hydrogens (primary N) is 1. The smallest absolute Gasteiger partial charge is 0.105 e. The number of hydrogen-bond donors (Lipinski definition) is 2. The molecule has 0 unspecified atom stereocenters. The quantitative estimate of drug-likeness (QED) is 0.695. The normalized spacial score (nSPS) is 15.6. The number of aryl methyl sites for hydroxylation is 2. The van der Waals surface area contributed by atoms with Crippen LogP contribution in [0, 0.1) is 6.92 Å². The lowest BCUT2D eigenvalue weighted by Gasteiger charge is -2.01. The van der Waals surface area contributed by atoms with Crippen LogP contribution in [0.3, 0.4) is 0 Å². The van der Waals surface area contributed by atoms with Crippen molar-refractivity contribution in [3.63, 3.8) is 0 Å². The second kappa shape index (κ2) is 5.51. The summed E-state index contributed by atoms with van der Waals surface area (Å²) in [5, 5.41) is 3.52. The summed E-state index contributed by atoms with van der Waals surface area (Å²) in [5.74, 6) is 2.07. The fourth-order valence-electron chi connectivity index (χ4n) is 1.93. The third-order valence-electron chi connectivity index (χ3n) is 3.15. The number of nitrogens with one attached hydrogen (secondary N) is 1. The van der Waals surface area contributed by atoms with Crippen LogP contribution < -0.4 is 11.1 Å². The largest absolute Gasteiger partial charge is 0.466 e. The molecule has 3 N–H and O–H groups in total. The van der Waals surface area contributed by atoms with Crippen LogP contribution in [0.5, 0.6) is 0 Å². The van der Waals surface area contributed by atoms with E-state index >= 15 is 0 Å². The molecule has 90 valence electrons. The first-order chi connectivity index (χ1) is 7.79. The summed E-state index contributed by atoms with van der Waals surface area (Å²) in [6.07, 6.45) is 6.20. The monoisotopic (exact) mass is 222 g/mol. The summed E-state index contributed by atoms with van der Waals surface area (Å²) >= 11 is 0. The molecular formula is C13H22N2O. The molecule has 1 saturated carbocycles. The minimum absolute atomic E-state index is 0.582. The lowest BCUT2D eigenvalue weighted by Crippen LogP contribution is -2.17. The van der Waals surface area contributed by atoms with Crippen LogP contribution in [0.25, 0.3) is 0 Å². The summed E-state index contributed by atoms with van der Waals surface area (Å²) in [6, 6.07) is 2.93. The van der Waals surface area contributed by atoms with Gasteiger partial charge >= 0.3 is 0 Å². The Balaban J connectivity index is 1.63. The van der Waals surface area contributed by atoms with E-state index in [9.17, 15) is 0 Å². The summed E-state index contributed by atoms with van der Waals surface area (Å²) in [6.45, 7) is 3.72. The molecule has 1 fully saturated rings. The third kappa shape index (κ3) is 3.35. The van der Waals surface area contributed by atoms with Crippen LogP contribution in [0.1, 0.15) is 42.8 Å². The molecule has 1 aromatic rings. The Kier molecular flexibility index (Phi) is 4.02. The van der Waals surface area contributed by atoms with Gasteiger partial charge < -0.3 is 15.5 Å². The molecule has 16 heavy (non-hydrogen) atoms. The molecule has 0 spiro atoms. The molecule has 0 bridgehead atoms. The van der Waals surface area contributed by atoms with Gasteiger partial charge in [-0.25, -0.2) is 0 Å². The highest BCUT2D eigenvalue weighted by atomic mass is 16.3. The maximum absolute atomic E-state index is 5.65. The second-order valence-corrected chi connectivity index (χ2v) is 4.68. The second-order valence-electron chi connectivity index (χ2n) is 4.68. The minimum Gasteiger partial charge on any atom is -0.466 e. The standard InChI is InChI=1S/C13H22N2O/c1-10-11(9-14)8-13(16-10)4-2-3-7-15-12-5-6-12/h8,12,15H,2-7,9,14H2,1H3. The van der Waals surface area contributed by atoms with Crippen molar-refractivity contribution in [2.45, 2.75) is 51.6 Å². The van der Waals surface area contributed by atoms with E-state index in [4.69, 9.17) is 10.2 Å². The minimum atomic E-state index is 0.582. The van der Waals surface area contributed by atoms with Gasteiger partial charge in [0.1, 0.15) is 11.5 Å². The summed E-state index contributed by atoms with van der Waals surface area (Å²) in [4.78, 5) is 0. The van der Waals surface area contributed by atoms with Crippen molar-refractivity contribution >= 4 is 0 Å². The highest BCUT2D eigenvalue weighted by Crippen LogP contribution is 2.19. The first-order valence-corrected chi connectivity index (χ1v) is 6.31. The van der Waals surface area contributed by atoms with Gasteiger partial charge in [-0.3, -0.25) is 0 Å². The van der Waals surface area contributed by atoms with E-state index in [1.54, 1.807) is 0 Å². The Hall–Kier alpha value is -0.800. The van der Waals surface area contributed by atoms with E-state index in [0.717, 1.165) is 36.1 Å². The van der Waals surface area contributed by atoms with Gasteiger partial charge in [-0.05, 0) is 45.2 Å². The highest BCUT2D eigenvalue weighted by Gasteiger charge is 2.19. The Bertz CT molecular complexity index is 329. The lowest BCUT2D eigenvalue weighted by atomic mass is 10.2. The molecule has 2 rings (SSSR count). The molecule has 0 saturated heterocycles. The Morgan fingerprint density at radius 2 is 2.25 bits per heavy atom. The molecule has 3 heteroatoms. The number of furan rings is 1. The van der Waals surface area contributed by atoms with Crippen molar-refractivity contribution in [2.24, 2.45) is 5.73 Å². The van der Waals surface area contributed by atoms with E-state index in [0.29, 0.717) is 6.54 Å². The predicted molar refractivity (Wildman–Crippen MR) is 65.3 cm³/mol. The summed E-state index contributed by atoms with van der Waals surface area (Å²) in [5.41, 5.74) is 6.76.